The minimum absolute atomic E-state index is 0.185. The van der Waals surface area contributed by atoms with Crippen molar-refractivity contribution in [3.63, 3.8) is 0 Å². The third-order valence-electron chi connectivity index (χ3n) is 5.70. The number of nitrogens with zero attached hydrogens (tertiary/aromatic N) is 4. The fourth-order valence-corrected chi connectivity index (χ4v) is 4.99. The molecule has 0 bridgehead atoms. The average molecular weight is 618 g/mol. The Morgan fingerprint density at radius 3 is 2.54 bits per heavy atom. The molecule has 3 aromatic rings. The number of amides is 1. The van der Waals surface area contributed by atoms with E-state index in [1.165, 1.54) is 0 Å². The number of hydrogen-bond donors (Lipinski definition) is 0. The van der Waals surface area contributed by atoms with E-state index in [2.05, 4.69) is 27.6 Å². The van der Waals surface area contributed by atoms with Crippen molar-refractivity contribution in [1.29, 1.82) is 0 Å². The largest absolute Gasteiger partial charge is 0.461 e. The van der Waals surface area contributed by atoms with Gasteiger partial charge in [0.25, 0.3) is 0 Å². The van der Waals surface area contributed by atoms with Gasteiger partial charge >= 0.3 is 12.1 Å². The van der Waals surface area contributed by atoms with Crippen LogP contribution in [0.3, 0.4) is 0 Å². The maximum absolute atomic E-state index is 13.0. The third-order valence-corrected chi connectivity index (χ3v) is 6.73. The van der Waals surface area contributed by atoms with Crippen molar-refractivity contribution >= 4 is 34.7 Å². The van der Waals surface area contributed by atoms with E-state index in [9.17, 15) is 9.59 Å². The standard InChI is InChI=1S/C27H31IN4O5/c1-5-35-25(33)24-22(28)23(18-11-13-20(14-12-18)36-21-10-6-7-15-29-21)30-32(24)19-9-8-16-31(17-19)26(34)37-27(2,3)4/h6-7,10-15,19H,5,8-9,16-17H2,1-4H3/t19-/m1/s1. The summed E-state index contributed by atoms with van der Waals surface area (Å²) in [4.78, 5) is 31.6. The molecule has 10 heteroatoms. The second-order valence-electron chi connectivity index (χ2n) is 9.69. The number of carbonyl (C=O) groups excluding carboxylic acids is 2. The predicted molar refractivity (Wildman–Crippen MR) is 147 cm³/mol. The summed E-state index contributed by atoms with van der Waals surface area (Å²) >= 11 is 2.15. The zero-order chi connectivity index (χ0) is 26.6. The number of rotatable bonds is 6. The molecule has 1 aliphatic rings. The summed E-state index contributed by atoms with van der Waals surface area (Å²) in [5.74, 6) is 0.712. The number of halogens is 1. The molecule has 37 heavy (non-hydrogen) atoms. The van der Waals surface area contributed by atoms with Gasteiger partial charge in [-0.1, -0.05) is 6.07 Å². The highest BCUT2D eigenvalue weighted by molar-refractivity contribution is 14.1. The summed E-state index contributed by atoms with van der Waals surface area (Å²) < 4.78 is 19.2. The molecule has 1 amide bonds. The molecule has 0 spiro atoms. The number of piperidine rings is 1. The molecule has 1 atom stereocenters. The number of ether oxygens (including phenoxy) is 3. The van der Waals surface area contributed by atoms with Gasteiger partial charge in [-0.2, -0.15) is 5.10 Å². The van der Waals surface area contributed by atoms with Crippen LogP contribution in [0, 0.1) is 3.57 Å². The molecule has 1 aromatic carbocycles. The average Bonchev–Trinajstić information content (AvgIpc) is 3.21. The maximum atomic E-state index is 13.0. The predicted octanol–water partition coefficient (Wildman–Crippen LogP) is 6.09. The minimum Gasteiger partial charge on any atom is -0.461 e. The fourth-order valence-electron chi connectivity index (χ4n) is 4.10. The van der Waals surface area contributed by atoms with Gasteiger partial charge < -0.3 is 19.1 Å². The van der Waals surface area contributed by atoms with Gasteiger partial charge in [0, 0.05) is 30.9 Å². The van der Waals surface area contributed by atoms with Crippen LogP contribution in [0.4, 0.5) is 4.79 Å². The molecule has 0 N–H and O–H groups in total. The number of likely N-dealkylation sites (tertiary alicyclic amines) is 1. The molecule has 0 saturated carbocycles. The second-order valence-corrected chi connectivity index (χ2v) is 10.8. The number of pyridine rings is 1. The summed E-state index contributed by atoms with van der Waals surface area (Å²) in [6.45, 7) is 8.57. The van der Waals surface area contributed by atoms with E-state index >= 15 is 0 Å². The maximum Gasteiger partial charge on any atom is 0.410 e. The number of esters is 1. The molecule has 3 heterocycles. The van der Waals surface area contributed by atoms with Crippen LogP contribution in [0.5, 0.6) is 11.6 Å². The van der Waals surface area contributed by atoms with Crippen molar-refractivity contribution in [3.8, 4) is 22.9 Å². The van der Waals surface area contributed by atoms with Crippen LogP contribution in [0.15, 0.2) is 48.7 Å². The summed E-state index contributed by atoms with van der Waals surface area (Å²) in [6.07, 6.45) is 2.86. The highest BCUT2D eigenvalue weighted by Gasteiger charge is 2.33. The van der Waals surface area contributed by atoms with Gasteiger partial charge in [-0.3, -0.25) is 4.68 Å². The minimum atomic E-state index is -0.583. The van der Waals surface area contributed by atoms with E-state index in [-0.39, 0.29) is 18.7 Å². The van der Waals surface area contributed by atoms with Gasteiger partial charge in [0.1, 0.15) is 17.0 Å². The van der Waals surface area contributed by atoms with Gasteiger partial charge in [0.15, 0.2) is 5.69 Å². The van der Waals surface area contributed by atoms with Gasteiger partial charge in [-0.15, -0.1) is 0 Å². The molecule has 9 nitrogen and oxygen atoms in total. The number of carbonyl (C=O) groups is 2. The van der Waals surface area contributed by atoms with Crippen LogP contribution in [0.25, 0.3) is 11.3 Å². The van der Waals surface area contributed by atoms with Crippen LogP contribution >= 0.6 is 22.6 Å². The summed E-state index contributed by atoms with van der Waals surface area (Å²) in [5, 5.41) is 4.87. The van der Waals surface area contributed by atoms with Gasteiger partial charge in [0.05, 0.1) is 16.2 Å². The van der Waals surface area contributed by atoms with Crippen molar-refractivity contribution in [3.05, 3.63) is 57.9 Å². The Morgan fingerprint density at radius 1 is 1.14 bits per heavy atom. The van der Waals surface area contributed by atoms with Crippen molar-refractivity contribution in [2.45, 2.75) is 52.2 Å². The molecule has 0 aliphatic carbocycles. The molecule has 1 saturated heterocycles. The first kappa shape index (κ1) is 26.9. The highest BCUT2D eigenvalue weighted by atomic mass is 127. The smallest absolute Gasteiger partial charge is 0.410 e. The van der Waals surface area contributed by atoms with Crippen LogP contribution in [0.2, 0.25) is 0 Å². The summed E-state index contributed by atoms with van der Waals surface area (Å²) in [6, 6.07) is 12.8. The first-order valence-electron chi connectivity index (χ1n) is 12.3. The molecule has 1 fully saturated rings. The monoisotopic (exact) mass is 618 g/mol. The van der Waals surface area contributed by atoms with Crippen LogP contribution in [-0.2, 0) is 9.47 Å². The molecule has 196 valence electrons. The lowest BCUT2D eigenvalue weighted by molar-refractivity contribution is 0.0165. The molecule has 2 aromatic heterocycles. The SMILES string of the molecule is CCOC(=O)c1c(I)c(-c2ccc(Oc3ccccn3)cc2)nn1[C@@H]1CCCN(C(=O)OC(C)(C)C)C1. The van der Waals surface area contributed by atoms with E-state index in [0.717, 1.165) is 18.4 Å². The first-order valence-corrected chi connectivity index (χ1v) is 13.4. The Labute approximate surface area is 230 Å². The molecule has 1 aliphatic heterocycles. The Hall–Kier alpha value is -3.15. The van der Waals surface area contributed by atoms with E-state index in [1.54, 1.807) is 28.8 Å². The van der Waals surface area contributed by atoms with Crippen molar-refractivity contribution in [2.75, 3.05) is 19.7 Å². The number of aromatic nitrogens is 3. The van der Waals surface area contributed by atoms with Gasteiger partial charge in [0.2, 0.25) is 5.88 Å². The van der Waals surface area contributed by atoms with Crippen molar-refractivity contribution in [1.82, 2.24) is 19.7 Å². The zero-order valence-electron chi connectivity index (χ0n) is 21.4. The lowest BCUT2D eigenvalue weighted by Gasteiger charge is -2.34. The Balaban J connectivity index is 1.62. The first-order chi connectivity index (χ1) is 17.7. The normalized spacial score (nSPS) is 15.8. The van der Waals surface area contributed by atoms with E-state index in [4.69, 9.17) is 19.3 Å². The van der Waals surface area contributed by atoms with Crippen LogP contribution in [0.1, 0.15) is 57.1 Å². The van der Waals surface area contributed by atoms with E-state index < -0.39 is 11.6 Å². The van der Waals surface area contributed by atoms with E-state index in [1.807, 2.05) is 57.2 Å². The molecule has 4 rings (SSSR count). The van der Waals surface area contributed by atoms with Crippen molar-refractivity contribution < 1.29 is 23.8 Å². The zero-order valence-corrected chi connectivity index (χ0v) is 23.6. The molecular weight excluding hydrogens is 587 g/mol. The molecule has 0 unspecified atom stereocenters. The van der Waals surface area contributed by atoms with Gasteiger partial charge in [-0.05, 0) is 93.5 Å². The lowest BCUT2D eigenvalue weighted by Crippen LogP contribution is -2.44. The Bertz CT molecular complexity index is 1240. The molecular formula is C27H31IN4O5. The Morgan fingerprint density at radius 2 is 1.89 bits per heavy atom. The second kappa shape index (κ2) is 11.5. The summed E-state index contributed by atoms with van der Waals surface area (Å²) in [5.41, 5.74) is 1.31. The third kappa shape index (κ3) is 6.60. The highest BCUT2D eigenvalue weighted by Crippen LogP contribution is 2.33. The lowest BCUT2D eigenvalue weighted by atomic mass is 10.1. The van der Waals surface area contributed by atoms with Gasteiger partial charge in [-0.25, -0.2) is 14.6 Å². The van der Waals surface area contributed by atoms with Crippen LogP contribution < -0.4 is 4.74 Å². The number of benzene rings is 1. The number of hydrogen-bond acceptors (Lipinski definition) is 7. The van der Waals surface area contributed by atoms with Crippen molar-refractivity contribution in [2.24, 2.45) is 0 Å². The fraction of sp³-hybridized carbons (Fsp3) is 0.407. The quantitative estimate of drug-likeness (QED) is 0.244. The van der Waals surface area contributed by atoms with Crippen LogP contribution in [-0.4, -0.2) is 57.0 Å². The topological polar surface area (TPSA) is 95.8 Å². The Kier molecular flexibility index (Phi) is 8.35. The van der Waals surface area contributed by atoms with E-state index in [0.29, 0.717) is 39.7 Å². The summed E-state index contributed by atoms with van der Waals surface area (Å²) in [7, 11) is 0. The molecule has 0 radical (unpaired) electrons.